The molecule has 0 saturated carbocycles. The summed E-state index contributed by atoms with van der Waals surface area (Å²) < 4.78 is 7.39. The Morgan fingerprint density at radius 2 is 1.81 bits per heavy atom. The summed E-state index contributed by atoms with van der Waals surface area (Å²) in [4.78, 5) is 32.5. The smallest absolute Gasteiger partial charge is 0.259 e. The van der Waals surface area contributed by atoms with E-state index in [2.05, 4.69) is 15.0 Å². The number of rotatable bonds is 5. The molecule has 0 spiro atoms. The number of piperazine rings is 1. The quantitative estimate of drug-likeness (QED) is 0.504. The Morgan fingerprint density at radius 1 is 1.06 bits per heavy atom. The van der Waals surface area contributed by atoms with E-state index < -0.39 is 0 Å². The molecule has 4 aromatic rings. The molecule has 1 N–H and O–H groups in total. The third kappa shape index (κ3) is 3.83. The number of aromatic amines is 1. The van der Waals surface area contributed by atoms with E-state index in [1.807, 2.05) is 30.3 Å². The number of ether oxygens (including phenoxy) is 1. The van der Waals surface area contributed by atoms with Gasteiger partial charge in [0.25, 0.3) is 11.5 Å². The van der Waals surface area contributed by atoms with Crippen LogP contribution in [-0.2, 0) is 0 Å². The highest BCUT2D eigenvalue weighted by Crippen LogP contribution is 2.23. The number of amides is 1. The van der Waals surface area contributed by atoms with Crippen molar-refractivity contribution in [2.24, 2.45) is 0 Å². The summed E-state index contributed by atoms with van der Waals surface area (Å²) in [5.41, 5.74) is 1.28. The van der Waals surface area contributed by atoms with Crippen molar-refractivity contribution in [2.45, 2.75) is 0 Å². The van der Waals surface area contributed by atoms with Gasteiger partial charge < -0.3 is 14.6 Å². The van der Waals surface area contributed by atoms with Crippen molar-refractivity contribution in [3.8, 4) is 5.75 Å². The molecule has 1 aliphatic rings. The van der Waals surface area contributed by atoms with Crippen LogP contribution in [0.4, 0.5) is 0 Å². The van der Waals surface area contributed by atoms with Gasteiger partial charge in [-0.15, -0.1) is 0 Å². The normalized spacial score (nSPS) is 14.8. The van der Waals surface area contributed by atoms with E-state index in [4.69, 9.17) is 16.3 Å². The fraction of sp³-hybridized carbons (Fsp3) is 0.261. The Balaban J connectivity index is 1.23. The molecule has 2 aromatic carbocycles. The maximum Gasteiger partial charge on any atom is 0.259 e. The molecular weight excluding hydrogens is 430 g/mol. The molecule has 0 aliphatic carbocycles. The van der Waals surface area contributed by atoms with Crippen LogP contribution in [-0.4, -0.2) is 69.6 Å². The molecule has 2 aromatic heterocycles. The number of benzene rings is 2. The maximum absolute atomic E-state index is 13.2. The molecule has 8 nitrogen and oxygen atoms in total. The monoisotopic (exact) mass is 451 g/mol. The summed E-state index contributed by atoms with van der Waals surface area (Å²) in [6, 6.07) is 14.6. The van der Waals surface area contributed by atoms with Gasteiger partial charge in [0.05, 0.1) is 22.1 Å². The number of aromatic nitrogens is 3. The van der Waals surface area contributed by atoms with E-state index in [0.717, 1.165) is 19.6 Å². The molecule has 0 atom stereocenters. The molecule has 9 heteroatoms. The second kappa shape index (κ2) is 8.64. The molecule has 3 heterocycles. The number of para-hydroxylation sites is 2. The lowest BCUT2D eigenvalue weighted by molar-refractivity contribution is 0.0622. The van der Waals surface area contributed by atoms with Crippen molar-refractivity contribution in [3.63, 3.8) is 0 Å². The van der Waals surface area contributed by atoms with E-state index in [-0.39, 0.29) is 11.5 Å². The Morgan fingerprint density at radius 3 is 2.62 bits per heavy atom. The van der Waals surface area contributed by atoms with E-state index in [9.17, 15) is 9.59 Å². The van der Waals surface area contributed by atoms with Gasteiger partial charge in [0.15, 0.2) is 0 Å². The third-order valence-corrected chi connectivity index (χ3v) is 6.08. The first kappa shape index (κ1) is 20.5. The zero-order chi connectivity index (χ0) is 22.1. The highest BCUT2D eigenvalue weighted by atomic mass is 35.5. The van der Waals surface area contributed by atoms with Gasteiger partial charge in [0.1, 0.15) is 23.6 Å². The van der Waals surface area contributed by atoms with Gasteiger partial charge in [0.2, 0.25) is 0 Å². The number of carbonyl (C=O) groups excluding carboxylic acids is 1. The number of halogens is 1. The summed E-state index contributed by atoms with van der Waals surface area (Å²) in [5, 5.41) is 5.49. The molecule has 32 heavy (non-hydrogen) atoms. The summed E-state index contributed by atoms with van der Waals surface area (Å²) in [6.45, 7) is 3.97. The summed E-state index contributed by atoms with van der Waals surface area (Å²) >= 11 is 6.12. The van der Waals surface area contributed by atoms with Crippen molar-refractivity contribution < 1.29 is 9.53 Å². The van der Waals surface area contributed by atoms with Crippen LogP contribution < -0.4 is 10.3 Å². The minimum atomic E-state index is -0.231. The average Bonchev–Trinajstić information content (AvgIpc) is 3.24. The number of fused-ring (bicyclic) bond motifs is 3. The van der Waals surface area contributed by atoms with Gasteiger partial charge in [-0.2, -0.15) is 5.10 Å². The molecule has 164 valence electrons. The minimum absolute atomic E-state index is 0.127. The summed E-state index contributed by atoms with van der Waals surface area (Å²) in [5.74, 6) is 0.551. The van der Waals surface area contributed by atoms with Gasteiger partial charge in [0, 0.05) is 32.7 Å². The molecule has 1 saturated heterocycles. The molecule has 0 bridgehead atoms. The van der Waals surface area contributed by atoms with E-state index in [1.165, 1.54) is 6.20 Å². The van der Waals surface area contributed by atoms with Gasteiger partial charge in [-0.1, -0.05) is 35.9 Å². The highest BCUT2D eigenvalue weighted by molar-refractivity contribution is 6.32. The van der Waals surface area contributed by atoms with Crippen LogP contribution in [0, 0.1) is 0 Å². The van der Waals surface area contributed by atoms with E-state index in [1.54, 1.807) is 27.6 Å². The molecule has 0 radical (unpaired) electrons. The summed E-state index contributed by atoms with van der Waals surface area (Å²) in [6.07, 6.45) is 1.53. The standard InChI is InChI=1S/C23H22ClN5O3/c24-18-6-2-4-8-20(18)32-14-13-27-9-11-28(12-10-27)23(31)17-15-25-29-19-7-3-1-5-16(19)22(30)26-21(17)29/h1-8,15H,9-14H2,(H,26,30). The largest absolute Gasteiger partial charge is 0.491 e. The molecular formula is C23H22ClN5O3. The minimum Gasteiger partial charge on any atom is -0.491 e. The van der Waals surface area contributed by atoms with Crippen LogP contribution in [0.25, 0.3) is 16.6 Å². The van der Waals surface area contributed by atoms with Crippen molar-refractivity contribution in [1.29, 1.82) is 0 Å². The Labute approximate surface area is 189 Å². The highest BCUT2D eigenvalue weighted by Gasteiger charge is 2.25. The summed E-state index contributed by atoms with van der Waals surface area (Å²) in [7, 11) is 0. The fourth-order valence-corrected chi connectivity index (χ4v) is 4.21. The SMILES string of the molecule is O=C(c1cnn2c1[nH]c(=O)c1ccccc12)N1CCN(CCOc2ccccc2Cl)CC1. The van der Waals surface area contributed by atoms with Crippen LogP contribution in [0.1, 0.15) is 10.4 Å². The topological polar surface area (TPSA) is 82.9 Å². The first-order chi connectivity index (χ1) is 15.6. The predicted octanol–water partition coefficient (Wildman–Crippen LogP) is 2.67. The maximum atomic E-state index is 13.2. The lowest BCUT2D eigenvalue weighted by Gasteiger charge is -2.34. The average molecular weight is 452 g/mol. The zero-order valence-corrected chi connectivity index (χ0v) is 18.1. The van der Waals surface area contributed by atoms with E-state index >= 15 is 0 Å². The van der Waals surface area contributed by atoms with Crippen LogP contribution in [0.3, 0.4) is 0 Å². The van der Waals surface area contributed by atoms with Crippen molar-refractivity contribution in [1.82, 2.24) is 24.4 Å². The van der Waals surface area contributed by atoms with Crippen LogP contribution >= 0.6 is 11.6 Å². The first-order valence-corrected chi connectivity index (χ1v) is 10.9. The second-order valence-corrected chi connectivity index (χ2v) is 8.11. The van der Waals surface area contributed by atoms with E-state index in [0.29, 0.717) is 52.6 Å². The number of hydrogen-bond acceptors (Lipinski definition) is 5. The van der Waals surface area contributed by atoms with Gasteiger partial charge in [-0.3, -0.25) is 14.5 Å². The molecule has 1 amide bonds. The predicted molar refractivity (Wildman–Crippen MR) is 123 cm³/mol. The molecule has 5 rings (SSSR count). The number of nitrogens with zero attached hydrogens (tertiary/aromatic N) is 4. The lowest BCUT2D eigenvalue weighted by atomic mass is 10.2. The van der Waals surface area contributed by atoms with Crippen LogP contribution in [0.15, 0.2) is 59.5 Å². The van der Waals surface area contributed by atoms with Crippen molar-refractivity contribution in [3.05, 3.63) is 75.7 Å². The molecule has 1 fully saturated rings. The van der Waals surface area contributed by atoms with Crippen molar-refractivity contribution >= 4 is 34.1 Å². The lowest BCUT2D eigenvalue weighted by Crippen LogP contribution is -2.49. The van der Waals surface area contributed by atoms with Crippen molar-refractivity contribution in [2.75, 3.05) is 39.3 Å². The number of carbonyl (C=O) groups is 1. The Bertz CT molecular complexity index is 1340. The number of nitrogens with one attached hydrogen (secondary N) is 1. The molecule has 1 aliphatic heterocycles. The first-order valence-electron chi connectivity index (χ1n) is 10.5. The van der Waals surface area contributed by atoms with Crippen LogP contribution in [0.2, 0.25) is 5.02 Å². The van der Waals surface area contributed by atoms with Gasteiger partial charge in [-0.25, -0.2) is 4.52 Å². The fourth-order valence-electron chi connectivity index (χ4n) is 4.02. The third-order valence-electron chi connectivity index (χ3n) is 5.77. The number of H-pyrrole nitrogens is 1. The Hall–Kier alpha value is -3.36. The van der Waals surface area contributed by atoms with Gasteiger partial charge >= 0.3 is 0 Å². The second-order valence-electron chi connectivity index (χ2n) is 7.70. The van der Waals surface area contributed by atoms with Gasteiger partial charge in [-0.05, 0) is 24.3 Å². The Kier molecular flexibility index (Phi) is 5.55. The number of hydrogen-bond donors (Lipinski definition) is 1. The van der Waals surface area contributed by atoms with Crippen LogP contribution in [0.5, 0.6) is 5.75 Å². The molecule has 0 unspecified atom stereocenters. The zero-order valence-electron chi connectivity index (χ0n) is 17.3.